The highest BCUT2D eigenvalue weighted by Gasteiger charge is 2.23. The van der Waals surface area contributed by atoms with Crippen molar-refractivity contribution in [2.75, 3.05) is 49.5 Å². The van der Waals surface area contributed by atoms with Gasteiger partial charge in [0.1, 0.15) is 0 Å². The molecule has 2 heterocycles. The first-order valence-electron chi connectivity index (χ1n) is 10.6. The van der Waals surface area contributed by atoms with Gasteiger partial charge in [-0.1, -0.05) is 29.8 Å². The maximum Gasteiger partial charge on any atom is 0.335 e. The highest BCUT2D eigenvalue weighted by atomic mass is 35.5. The number of nitrogens with one attached hydrogen (secondary N) is 1. The van der Waals surface area contributed by atoms with E-state index in [1.54, 1.807) is 18.2 Å². The summed E-state index contributed by atoms with van der Waals surface area (Å²) in [6.07, 6.45) is 2.23. The molecule has 2 N–H and O–H groups in total. The van der Waals surface area contributed by atoms with Crippen LogP contribution in [0.25, 0.3) is 0 Å². The van der Waals surface area contributed by atoms with Crippen molar-refractivity contribution in [3.05, 3.63) is 59.1 Å². The van der Waals surface area contributed by atoms with Crippen molar-refractivity contribution in [3.63, 3.8) is 0 Å². The molecule has 164 valence electrons. The van der Waals surface area contributed by atoms with E-state index in [-0.39, 0.29) is 11.7 Å². The highest BCUT2D eigenvalue weighted by molar-refractivity contribution is 6.33. The number of ether oxygens (including phenoxy) is 1. The lowest BCUT2D eigenvalue weighted by Gasteiger charge is -2.38. The average Bonchev–Trinajstić information content (AvgIpc) is 3.31. The second kappa shape index (κ2) is 10.0. The van der Waals surface area contributed by atoms with Crippen LogP contribution in [0.15, 0.2) is 53.5 Å². The number of benzene rings is 2. The van der Waals surface area contributed by atoms with E-state index < -0.39 is 5.97 Å². The molecular formula is C23H27ClN4O3. The fourth-order valence-electron chi connectivity index (χ4n) is 3.92. The molecule has 2 saturated heterocycles. The molecule has 0 radical (unpaired) electrons. The Balaban J connectivity index is 1.48. The number of piperazine rings is 1. The Morgan fingerprint density at radius 2 is 1.97 bits per heavy atom. The van der Waals surface area contributed by atoms with Gasteiger partial charge < -0.3 is 25.0 Å². The topological polar surface area (TPSA) is 77.4 Å². The minimum absolute atomic E-state index is 0.145. The summed E-state index contributed by atoms with van der Waals surface area (Å²) < 4.78 is 5.73. The van der Waals surface area contributed by atoms with Gasteiger partial charge in [-0.15, -0.1) is 0 Å². The number of aliphatic imine (C=N–C) groups is 1. The molecule has 0 amide bonds. The van der Waals surface area contributed by atoms with E-state index >= 15 is 0 Å². The number of hydrogen-bond acceptors (Lipinski definition) is 4. The van der Waals surface area contributed by atoms with Crippen LogP contribution < -0.4 is 10.2 Å². The van der Waals surface area contributed by atoms with Crippen LogP contribution in [0.5, 0.6) is 0 Å². The van der Waals surface area contributed by atoms with Crippen LogP contribution in [0.2, 0.25) is 5.02 Å². The summed E-state index contributed by atoms with van der Waals surface area (Å²) in [5, 5.41) is 13.4. The molecule has 7 nitrogen and oxygen atoms in total. The molecule has 1 atom stereocenters. The molecule has 0 saturated carbocycles. The van der Waals surface area contributed by atoms with Gasteiger partial charge in [0.05, 0.1) is 28.9 Å². The molecule has 2 aromatic carbocycles. The van der Waals surface area contributed by atoms with Gasteiger partial charge in [0.15, 0.2) is 5.96 Å². The minimum Gasteiger partial charge on any atom is -0.478 e. The Hall–Kier alpha value is -2.77. The Bertz CT molecular complexity index is 938. The monoisotopic (exact) mass is 442 g/mol. The number of hydrogen-bond donors (Lipinski definition) is 2. The molecule has 0 spiro atoms. The first-order valence-corrected chi connectivity index (χ1v) is 11.0. The van der Waals surface area contributed by atoms with E-state index in [1.165, 1.54) is 0 Å². The Morgan fingerprint density at radius 1 is 1.16 bits per heavy atom. The standard InChI is InChI=1S/C23H27ClN4O3/c24-20-8-1-2-9-21(20)27-10-12-28(13-11-27)23(25-16-19-7-4-14-31-19)26-18-6-3-5-17(15-18)22(29)30/h1-3,5-6,8-9,15,19H,4,7,10-14,16H2,(H,25,26)(H,29,30). The van der Waals surface area contributed by atoms with Crippen LogP contribution in [0.3, 0.4) is 0 Å². The van der Waals surface area contributed by atoms with Gasteiger partial charge in [-0.25, -0.2) is 4.79 Å². The zero-order valence-electron chi connectivity index (χ0n) is 17.3. The number of para-hydroxylation sites is 1. The van der Waals surface area contributed by atoms with Crippen molar-refractivity contribution in [2.45, 2.75) is 18.9 Å². The Morgan fingerprint density at radius 3 is 2.68 bits per heavy atom. The predicted octanol–water partition coefficient (Wildman–Crippen LogP) is 3.81. The lowest BCUT2D eigenvalue weighted by molar-refractivity contribution is 0.0697. The van der Waals surface area contributed by atoms with Crippen LogP contribution >= 0.6 is 11.6 Å². The Kier molecular flexibility index (Phi) is 6.94. The molecule has 0 bridgehead atoms. The molecule has 0 aromatic heterocycles. The third-order valence-electron chi connectivity index (χ3n) is 5.61. The average molecular weight is 443 g/mol. The lowest BCUT2D eigenvalue weighted by Crippen LogP contribution is -2.51. The first kappa shape index (κ1) is 21.5. The fourth-order valence-corrected chi connectivity index (χ4v) is 4.18. The van der Waals surface area contributed by atoms with Gasteiger partial charge in [-0.05, 0) is 43.2 Å². The van der Waals surface area contributed by atoms with E-state index in [9.17, 15) is 9.90 Å². The van der Waals surface area contributed by atoms with E-state index in [2.05, 4.69) is 15.1 Å². The van der Waals surface area contributed by atoms with Crippen molar-refractivity contribution < 1.29 is 14.6 Å². The zero-order valence-corrected chi connectivity index (χ0v) is 18.1. The summed E-state index contributed by atoms with van der Waals surface area (Å²) in [7, 11) is 0. The normalized spacial score (nSPS) is 19.5. The van der Waals surface area contributed by atoms with Gasteiger partial charge >= 0.3 is 5.97 Å². The van der Waals surface area contributed by atoms with E-state index in [1.807, 2.05) is 30.3 Å². The van der Waals surface area contributed by atoms with Crippen LogP contribution in [-0.2, 0) is 4.74 Å². The molecule has 0 aliphatic carbocycles. The van der Waals surface area contributed by atoms with E-state index in [0.717, 1.165) is 62.3 Å². The molecular weight excluding hydrogens is 416 g/mol. The number of anilines is 2. The second-order valence-electron chi connectivity index (χ2n) is 7.74. The molecule has 4 rings (SSSR count). The number of carbonyl (C=O) groups is 1. The van der Waals surface area contributed by atoms with Gasteiger partial charge in [0, 0.05) is 38.5 Å². The van der Waals surface area contributed by atoms with Crippen molar-refractivity contribution in [1.82, 2.24) is 4.90 Å². The lowest BCUT2D eigenvalue weighted by atomic mass is 10.2. The summed E-state index contributed by atoms with van der Waals surface area (Å²) in [4.78, 5) is 20.6. The number of rotatable bonds is 5. The molecule has 31 heavy (non-hydrogen) atoms. The molecule has 8 heteroatoms. The van der Waals surface area contributed by atoms with Gasteiger partial charge in [0.25, 0.3) is 0 Å². The molecule has 2 fully saturated rings. The van der Waals surface area contributed by atoms with E-state index in [4.69, 9.17) is 21.3 Å². The smallest absolute Gasteiger partial charge is 0.335 e. The third kappa shape index (κ3) is 5.48. The number of halogens is 1. The molecule has 2 aliphatic rings. The van der Waals surface area contributed by atoms with Gasteiger partial charge in [-0.2, -0.15) is 0 Å². The quantitative estimate of drug-likeness (QED) is 0.541. The van der Waals surface area contributed by atoms with E-state index in [0.29, 0.717) is 12.2 Å². The van der Waals surface area contributed by atoms with Crippen LogP contribution in [-0.4, -0.2) is 67.4 Å². The van der Waals surface area contributed by atoms with Crippen molar-refractivity contribution >= 4 is 34.9 Å². The summed E-state index contributed by atoms with van der Waals surface area (Å²) in [5.41, 5.74) is 2.00. The Labute approximate surface area is 187 Å². The minimum atomic E-state index is -0.949. The van der Waals surface area contributed by atoms with Gasteiger partial charge in [0.2, 0.25) is 0 Å². The predicted molar refractivity (Wildman–Crippen MR) is 124 cm³/mol. The number of carboxylic acids is 1. The summed E-state index contributed by atoms with van der Waals surface area (Å²) in [6.45, 7) is 4.58. The first-order chi connectivity index (χ1) is 15.1. The molecule has 2 aromatic rings. The van der Waals surface area contributed by atoms with Gasteiger partial charge in [-0.3, -0.25) is 4.99 Å². The second-order valence-corrected chi connectivity index (χ2v) is 8.14. The summed E-state index contributed by atoms with van der Waals surface area (Å²) >= 11 is 6.37. The summed E-state index contributed by atoms with van der Waals surface area (Å²) in [5.74, 6) is -0.202. The van der Waals surface area contributed by atoms with Crippen molar-refractivity contribution in [3.8, 4) is 0 Å². The maximum atomic E-state index is 11.3. The molecule has 1 unspecified atom stereocenters. The number of guanidine groups is 1. The SMILES string of the molecule is O=C(O)c1cccc(NC(=NCC2CCCO2)N2CCN(c3ccccc3Cl)CC2)c1. The summed E-state index contributed by atoms with van der Waals surface area (Å²) in [6, 6.07) is 14.7. The third-order valence-corrected chi connectivity index (χ3v) is 5.93. The fraction of sp³-hybridized carbons (Fsp3) is 0.391. The zero-order chi connectivity index (χ0) is 21.6. The number of carboxylic acid groups (broad SMARTS) is 1. The van der Waals surface area contributed by atoms with Crippen molar-refractivity contribution in [1.29, 1.82) is 0 Å². The number of nitrogens with zero attached hydrogens (tertiary/aromatic N) is 3. The van der Waals surface area contributed by atoms with Crippen LogP contribution in [0, 0.1) is 0 Å². The number of aromatic carboxylic acids is 1. The van der Waals surface area contributed by atoms with Crippen LogP contribution in [0.4, 0.5) is 11.4 Å². The largest absolute Gasteiger partial charge is 0.478 e. The maximum absolute atomic E-state index is 11.3. The van der Waals surface area contributed by atoms with Crippen molar-refractivity contribution in [2.24, 2.45) is 4.99 Å². The van der Waals surface area contributed by atoms with Crippen LogP contribution in [0.1, 0.15) is 23.2 Å². The highest BCUT2D eigenvalue weighted by Crippen LogP contribution is 2.26. The molecule has 2 aliphatic heterocycles.